The van der Waals surface area contributed by atoms with Gasteiger partial charge in [-0.25, -0.2) is 4.98 Å². The number of nitrogens with zero attached hydrogens (tertiary/aromatic N) is 3. The molecular formula is C20H19Cl2N3O. The number of amides is 1. The average Bonchev–Trinajstić information content (AvgIpc) is 3.18. The number of para-hydroxylation sites is 2. The highest BCUT2D eigenvalue weighted by molar-refractivity contribution is 6.36. The molecule has 0 radical (unpaired) electrons. The van der Waals surface area contributed by atoms with E-state index in [-0.39, 0.29) is 11.8 Å². The first-order chi connectivity index (χ1) is 12.6. The summed E-state index contributed by atoms with van der Waals surface area (Å²) in [6, 6.07) is 13.6. The van der Waals surface area contributed by atoms with Crippen molar-refractivity contribution < 1.29 is 4.79 Å². The Morgan fingerprint density at radius 3 is 2.54 bits per heavy atom. The molecule has 26 heavy (non-hydrogen) atoms. The van der Waals surface area contributed by atoms with Crippen molar-refractivity contribution in [1.29, 1.82) is 0 Å². The lowest BCUT2D eigenvalue weighted by Crippen LogP contribution is -2.24. The zero-order valence-electron chi connectivity index (χ0n) is 14.5. The fraction of sp³-hybridized carbons (Fsp3) is 0.300. The summed E-state index contributed by atoms with van der Waals surface area (Å²) >= 11 is 12.8. The number of aromatic nitrogens is 2. The van der Waals surface area contributed by atoms with Crippen LogP contribution in [0, 0.1) is 0 Å². The molecule has 1 saturated heterocycles. The van der Waals surface area contributed by atoms with Gasteiger partial charge < -0.3 is 9.47 Å². The topological polar surface area (TPSA) is 38.1 Å². The lowest BCUT2D eigenvalue weighted by Gasteiger charge is -2.16. The van der Waals surface area contributed by atoms with Gasteiger partial charge in [-0.2, -0.15) is 0 Å². The molecule has 0 bridgehead atoms. The molecule has 1 aliphatic rings. The Kier molecular flexibility index (Phi) is 4.63. The molecule has 1 fully saturated rings. The lowest BCUT2D eigenvalue weighted by molar-refractivity contribution is -0.127. The summed E-state index contributed by atoms with van der Waals surface area (Å²) in [5.41, 5.74) is 2.82. The molecule has 0 aliphatic carbocycles. The predicted octanol–water partition coefficient (Wildman–Crippen LogP) is 4.73. The van der Waals surface area contributed by atoms with E-state index in [1.165, 1.54) is 0 Å². The number of hydrogen-bond donors (Lipinski definition) is 0. The molecule has 0 unspecified atom stereocenters. The number of likely N-dealkylation sites (N-methyl/N-ethyl adjacent to an activating group) is 1. The van der Waals surface area contributed by atoms with Crippen LogP contribution in [0.15, 0.2) is 42.5 Å². The first kappa shape index (κ1) is 17.4. The van der Waals surface area contributed by atoms with Gasteiger partial charge in [-0.1, -0.05) is 41.4 Å². The number of imidazole rings is 1. The van der Waals surface area contributed by atoms with Gasteiger partial charge in [-0.15, -0.1) is 0 Å². The van der Waals surface area contributed by atoms with Crippen LogP contribution in [0.4, 0.5) is 0 Å². The van der Waals surface area contributed by atoms with Crippen LogP contribution in [0.25, 0.3) is 11.0 Å². The van der Waals surface area contributed by atoms with Gasteiger partial charge in [0.05, 0.1) is 17.6 Å². The highest BCUT2D eigenvalue weighted by atomic mass is 35.5. The van der Waals surface area contributed by atoms with Crippen molar-refractivity contribution in [3.8, 4) is 0 Å². The zero-order chi connectivity index (χ0) is 18.3. The highest BCUT2D eigenvalue weighted by Gasteiger charge is 2.33. The first-order valence-corrected chi connectivity index (χ1v) is 9.50. The van der Waals surface area contributed by atoms with E-state index in [9.17, 15) is 4.79 Å². The molecule has 134 valence electrons. The summed E-state index contributed by atoms with van der Waals surface area (Å²) < 4.78 is 2.15. The van der Waals surface area contributed by atoms with Gasteiger partial charge in [-0.3, -0.25) is 4.79 Å². The van der Waals surface area contributed by atoms with Crippen molar-refractivity contribution in [2.75, 3.05) is 13.1 Å². The molecule has 1 aliphatic heterocycles. The monoisotopic (exact) mass is 387 g/mol. The summed E-state index contributed by atoms with van der Waals surface area (Å²) in [4.78, 5) is 19.0. The van der Waals surface area contributed by atoms with Gasteiger partial charge in [0.2, 0.25) is 5.91 Å². The van der Waals surface area contributed by atoms with Crippen LogP contribution in [-0.4, -0.2) is 33.4 Å². The third-order valence-electron chi connectivity index (χ3n) is 5.02. The van der Waals surface area contributed by atoms with Gasteiger partial charge in [0.15, 0.2) is 0 Å². The van der Waals surface area contributed by atoms with Crippen molar-refractivity contribution in [3.05, 3.63) is 63.9 Å². The minimum Gasteiger partial charge on any atom is -0.342 e. The summed E-state index contributed by atoms with van der Waals surface area (Å²) in [5, 5.41) is 1.28. The number of halogens is 2. The van der Waals surface area contributed by atoms with Gasteiger partial charge in [0.1, 0.15) is 5.82 Å². The van der Waals surface area contributed by atoms with Crippen molar-refractivity contribution in [2.24, 2.45) is 0 Å². The molecule has 2 aromatic carbocycles. The van der Waals surface area contributed by atoms with Crippen LogP contribution in [0.5, 0.6) is 0 Å². The normalized spacial score (nSPS) is 17.4. The smallest absolute Gasteiger partial charge is 0.223 e. The second-order valence-corrected chi connectivity index (χ2v) is 7.39. The number of carbonyl (C=O) groups excluding carboxylic acids is 1. The Balaban J connectivity index is 1.81. The third-order valence-corrected chi connectivity index (χ3v) is 5.73. The first-order valence-electron chi connectivity index (χ1n) is 8.74. The maximum Gasteiger partial charge on any atom is 0.223 e. The summed E-state index contributed by atoms with van der Waals surface area (Å²) in [5.74, 6) is 1.19. The third kappa shape index (κ3) is 2.97. The molecule has 0 N–H and O–H groups in total. The van der Waals surface area contributed by atoms with Gasteiger partial charge in [0.25, 0.3) is 0 Å². The number of fused-ring (bicyclic) bond motifs is 1. The maximum absolute atomic E-state index is 12.2. The SMILES string of the molecule is CCN1C[C@@H](c2nc3ccccc3n2Cc2c(Cl)cccc2Cl)CC1=O. The highest BCUT2D eigenvalue weighted by Crippen LogP contribution is 2.33. The van der Waals surface area contributed by atoms with Crippen molar-refractivity contribution >= 4 is 40.1 Å². The number of likely N-dealkylation sites (tertiary alicyclic amines) is 1. The molecule has 2 heterocycles. The summed E-state index contributed by atoms with van der Waals surface area (Å²) in [6.45, 7) is 3.97. The van der Waals surface area contributed by atoms with E-state index in [1.807, 2.05) is 54.3 Å². The molecule has 6 heteroatoms. The molecule has 4 rings (SSSR count). The molecule has 0 saturated carbocycles. The number of hydrogen-bond acceptors (Lipinski definition) is 2. The fourth-order valence-corrected chi connectivity index (χ4v) is 4.18. The standard InChI is InChI=1S/C20H19Cl2N3O/c1-2-24-11-13(10-19(24)26)20-23-17-8-3-4-9-18(17)25(20)12-14-15(21)6-5-7-16(14)22/h3-9,13H,2,10-12H2,1H3/t13-/m0/s1. The van der Waals surface area contributed by atoms with Crippen LogP contribution >= 0.6 is 23.2 Å². The number of rotatable bonds is 4. The molecule has 0 spiro atoms. The van der Waals surface area contributed by atoms with Gasteiger partial charge in [0, 0.05) is 41.0 Å². The van der Waals surface area contributed by atoms with Crippen molar-refractivity contribution in [2.45, 2.75) is 25.8 Å². The van der Waals surface area contributed by atoms with E-state index in [1.54, 1.807) is 0 Å². The predicted molar refractivity (Wildman–Crippen MR) is 105 cm³/mol. The fourth-order valence-electron chi connectivity index (χ4n) is 3.66. The van der Waals surface area contributed by atoms with E-state index < -0.39 is 0 Å². The van der Waals surface area contributed by atoms with Crippen LogP contribution in [0.1, 0.15) is 30.7 Å². The Hall–Kier alpha value is -2.04. The lowest BCUT2D eigenvalue weighted by atomic mass is 10.1. The van der Waals surface area contributed by atoms with Crippen molar-refractivity contribution in [3.63, 3.8) is 0 Å². The Morgan fingerprint density at radius 2 is 1.85 bits per heavy atom. The minimum atomic E-state index is 0.0797. The largest absolute Gasteiger partial charge is 0.342 e. The number of benzene rings is 2. The summed E-state index contributed by atoms with van der Waals surface area (Å²) in [6.07, 6.45) is 0.493. The van der Waals surface area contributed by atoms with Gasteiger partial charge in [-0.05, 0) is 31.2 Å². The van der Waals surface area contributed by atoms with E-state index in [0.29, 0.717) is 29.6 Å². The number of carbonyl (C=O) groups is 1. The molecule has 1 amide bonds. The summed E-state index contributed by atoms with van der Waals surface area (Å²) in [7, 11) is 0. The van der Waals surface area contributed by atoms with Crippen LogP contribution in [0.2, 0.25) is 10.0 Å². The van der Waals surface area contributed by atoms with E-state index in [4.69, 9.17) is 28.2 Å². The molecule has 1 atom stereocenters. The van der Waals surface area contributed by atoms with Crippen LogP contribution < -0.4 is 0 Å². The maximum atomic E-state index is 12.2. The Labute approximate surface area is 162 Å². The van der Waals surface area contributed by atoms with E-state index in [0.717, 1.165) is 29.0 Å². The molecule has 4 nitrogen and oxygen atoms in total. The van der Waals surface area contributed by atoms with Crippen LogP contribution in [0.3, 0.4) is 0 Å². The van der Waals surface area contributed by atoms with E-state index in [2.05, 4.69) is 4.57 Å². The van der Waals surface area contributed by atoms with Crippen LogP contribution in [-0.2, 0) is 11.3 Å². The zero-order valence-corrected chi connectivity index (χ0v) is 16.0. The van der Waals surface area contributed by atoms with E-state index >= 15 is 0 Å². The molecule has 3 aromatic rings. The Morgan fingerprint density at radius 1 is 1.12 bits per heavy atom. The Bertz CT molecular complexity index is 962. The molecule has 1 aromatic heterocycles. The quantitative estimate of drug-likeness (QED) is 0.648. The van der Waals surface area contributed by atoms with Crippen molar-refractivity contribution in [1.82, 2.24) is 14.5 Å². The average molecular weight is 388 g/mol. The van der Waals surface area contributed by atoms with Gasteiger partial charge >= 0.3 is 0 Å². The second kappa shape index (κ2) is 6.93. The minimum absolute atomic E-state index is 0.0797. The second-order valence-electron chi connectivity index (χ2n) is 6.58. The molecular weight excluding hydrogens is 369 g/mol.